The first-order valence-corrected chi connectivity index (χ1v) is 11.8. The molecule has 3 heterocycles. The van der Waals surface area contributed by atoms with Crippen LogP contribution in [0, 0.1) is 5.82 Å². The molecule has 8 nitrogen and oxygen atoms in total. The minimum atomic E-state index is -1.02. The fraction of sp³-hybridized carbons (Fsp3) is 0.296. The number of nitrogens with one attached hydrogen (secondary N) is 1. The number of ether oxygens (including phenoxy) is 1. The Labute approximate surface area is 207 Å². The van der Waals surface area contributed by atoms with E-state index in [2.05, 4.69) is 5.32 Å². The molecule has 3 amide bonds. The van der Waals surface area contributed by atoms with Crippen molar-refractivity contribution in [1.29, 1.82) is 0 Å². The van der Waals surface area contributed by atoms with Gasteiger partial charge in [-0.05, 0) is 42.0 Å². The van der Waals surface area contributed by atoms with Gasteiger partial charge in [0.05, 0.1) is 12.9 Å². The summed E-state index contributed by atoms with van der Waals surface area (Å²) in [6.45, 7) is 0.837. The number of carbonyl (C=O) groups excluding carboxylic acids is 3. The molecule has 186 valence electrons. The number of likely N-dealkylation sites (tertiary alicyclic amines) is 1. The van der Waals surface area contributed by atoms with Crippen LogP contribution < -0.4 is 5.32 Å². The van der Waals surface area contributed by atoms with Crippen LogP contribution in [-0.4, -0.2) is 59.0 Å². The van der Waals surface area contributed by atoms with Crippen LogP contribution in [-0.2, 0) is 16.1 Å². The van der Waals surface area contributed by atoms with Crippen LogP contribution >= 0.6 is 0 Å². The van der Waals surface area contributed by atoms with E-state index < -0.39 is 11.8 Å². The van der Waals surface area contributed by atoms with Crippen molar-refractivity contribution in [3.8, 4) is 0 Å². The van der Waals surface area contributed by atoms with Crippen molar-refractivity contribution >= 4 is 17.7 Å². The van der Waals surface area contributed by atoms with E-state index in [-0.39, 0.29) is 42.5 Å². The topological polar surface area (TPSA) is 92.1 Å². The van der Waals surface area contributed by atoms with Crippen LogP contribution in [0.5, 0.6) is 0 Å². The summed E-state index contributed by atoms with van der Waals surface area (Å²) < 4.78 is 25.0. The number of rotatable bonds is 5. The number of carbonyl (C=O) groups is 3. The fourth-order valence-corrected chi connectivity index (χ4v) is 4.86. The minimum absolute atomic E-state index is 0.0275. The lowest BCUT2D eigenvalue weighted by molar-refractivity contribution is -0.128. The van der Waals surface area contributed by atoms with Crippen molar-refractivity contribution in [2.24, 2.45) is 0 Å². The smallest absolute Gasteiger partial charge is 0.289 e. The Balaban J connectivity index is 1.35. The van der Waals surface area contributed by atoms with Gasteiger partial charge < -0.3 is 19.4 Å². The van der Waals surface area contributed by atoms with E-state index in [9.17, 15) is 18.8 Å². The molecule has 1 spiro atoms. The van der Waals surface area contributed by atoms with E-state index in [0.29, 0.717) is 37.1 Å². The highest BCUT2D eigenvalue weighted by atomic mass is 19.1. The molecule has 0 bridgehead atoms. The standard InChI is InChI=1S/C27H26FN3O5/c28-21-9-4-6-19(16-21)17-29-24(32)22-18-36-27(31(22)25(33)20-7-2-1-3-8-20)11-13-30(14-12-27)26(34)23-10-5-15-35-23/h1-10,15-16,22H,11-14,17-18H2,(H,29,32). The number of piperidine rings is 1. The Kier molecular flexibility index (Phi) is 6.56. The third-order valence-corrected chi connectivity index (χ3v) is 6.72. The first-order valence-electron chi connectivity index (χ1n) is 11.8. The molecular weight excluding hydrogens is 465 g/mol. The van der Waals surface area contributed by atoms with Crippen LogP contribution in [0.3, 0.4) is 0 Å². The quantitative estimate of drug-likeness (QED) is 0.592. The van der Waals surface area contributed by atoms with E-state index in [1.54, 1.807) is 53.4 Å². The van der Waals surface area contributed by atoms with Crippen molar-refractivity contribution < 1.29 is 27.9 Å². The molecule has 0 aliphatic carbocycles. The lowest BCUT2D eigenvalue weighted by Crippen LogP contribution is -2.59. The molecule has 2 aromatic carbocycles. The number of halogens is 1. The molecule has 1 N–H and O–H groups in total. The van der Waals surface area contributed by atoms with Gasteiger partial charge in [0.1, 0.15) is 17.6 Å². The zero-order valence-corrected chi connectivity index (χ0v) is 19.6. The van der Waals surface area contributed by atoms with Gasteiger partial charge >= 0.3 is 0 Å². The highest BCUT2D eigenvalue weighted by Crippen LogP contribution is 2.38. The van der Waals surface area contributed by atoms with E-state index >= 15 is 0 Å². The van der Waals surface area contributed by atoms with Crippen LogP contribution in [0.2, 0.25) is 0 Å². The van der Waals surface area contributed by atoms with Gasteiger partial charge in [-0.3, -0.25) is 19.3 Å². The second kappa shape index (κ2) is 9.94. The maximum absolute atomic E-state index is 13.7. The van der Waals surface area contributed by atoms with Crippen LogP contribution in [0.1, 0.15) is 39.3 Å². The summed E-state index contributed by atoms with van der Waals surface area (Å²) in [5.74, 6) is -1.05. The van der Waals surface area contributed by atoms with Crippen molar-refractivity contribution in [3.05, 3.63) is 95.7 Å². The number of furan rings is 1. The molecule has 2 aliphatic heterocycles. The third-order valence-electron chi connectivity index (χ3n) is 6.72. The first kappa shape index (κ1) is 23.7. The largest absolute Gasteiger partial charge is 0.459 e. The average Bonchev–Trinajstić information content (AvgIpc) is 3.57. The van der Waals surface area contributed by atoms with Gasteiger partial charge in [-0.25, -0.2) is 4.39 Å². The summed E-state index contributed by atoms with van der Waals surface area (Å²) >= 11 is 0. The average molecular weight is 492 g/mol. The number of hydrogen-bond acceptors (Lipinski definition) is 5. The van der Waals surface area contributed by atoms with E-state index in [4.69, 9.17) is 9.15 Å². The SMILES string of the molecule is O=C(NCc1cccc(F)c1)C1COC2(CCN(C(=O)c3ccco3)CC2)N1C(=O)c1ccccc1. The van der Waals surface area contributed by atoms with Crippen LogP contribution in [0.15, 0.2) is 77.4 Å². The molecule has 1 atom stereocenters. The molecule has 5 rings (SSSR count). The molecule has 0 saturated carbocycles. The Morgan fingerprint density at radius 1 is 0.972 bits per heavy atom. The number of hydrogen-bond donors (Lipinski definition) is 1. The summed E-state index contributed by atoms with van der Waals surface area (Å²) in [7, 11) is 0. The zero-order chi connectivity index (χ0) is 25.1. The maximum Gasteiger partial charge on any atom is 0.289 e. The second-order valence-electron chi connectivity index (χ2n) is 8.93. The minimum Gasteiger partial charge on any atom is -0.459 e. The van der Waals surface area contributed by atoms with Crippen molar-refractivity contribution in [2.45, 2.75) is 31.2 Å². The van der Waals surface area contributed by atoms with Gasteiger partial charge in [0.25, 0.3) is 11.8 Å². The lowest BCUT2D eigenvalue weighted by atomic mass is 9.96. The Morgan fingerprint density at radius 2 is 1.75 bits per heavy atom. The van der Waals surface area contributed by atoms with Gasteiger partial charge in [-0.15, -0.1) is 0 Å². The van der Waals surface area contributed by atoms with Crippen LogP contribution in [0.4, 0.5) is 4.39 Å². The number of nitrogens with zero attached hydrogens (tertiary/aromatic N) is 2. The molecule has 0 radical (unpaired) electrons. The molecule has 2 saturated heterocycles. The summed E-state index contributed by atoms with van der Waals surface area (Å²) in [5.41, 5.74) is 0.0374. The Bertz CT molecular complexity index is 1240. The monoisotopic (exact) mass is 491 g/mol. The normalized spacial score (nSPS) is 18.9. The summed E-state index contributed by atoms with van der Waals surface area (Å²) in [5, 5.41) is 2.82. The van der Waals surface area contributed by atoms with E-state index in [1.807, 2.05) is 6.07 Å². The molecule has 3 aromatic rings. The van der Waals surface area contributed by atoms with Gasteiger partial charge in [0.2, 0.25) is 5.91 Å². The fourth-order valence-electron chi connectivity index (χ4n) is 4.86. The van der Waals surface area contributed by atoms with Crippen molar-refractivity contribution in [2.75, 3.05) is 19.7 Å². The predicted molar refractivity (Wildman–Crippen MR) is 127 cm³/mol. The second-order valence-corrected chi connectivity index (χ2v) is 8.93. The summed E-state index contributed by atoms with van der Waals surface area (Å²) in [4.78, 5) is 42.9. The number of amides is 3. The van der Waals surface area contributed by atoms with Gasteiger partial charge in [-0.1, -0.05) is 30.3 Å². The molecule has 2 fully saturated rings. The van der Waals surface area contributed by atoms with E-state index in [0.717, 1.165) is 0 Å². The zero-order valence-electron chi connectivity index (χ0n) is 19.6. The van der Waals surface area contributed by atoms with Gasteiger partial charge in [0, 0.05) is 38.0 Å². The molecule has 2 aliphatic rings. The van der Waals surface area contributed by atoms with Crippen LogP contribution in [0.25, 0.3) is 0 Å². The van der Waals surface area contributed by atoms with Crippen molar-refractivity contribution in [1.82, 2.24) is 15.1 Å². The number of benzene rings is 2. The van der Waals surface area contributed by atoms with Gasteiger partial charge in [0.15, 0.2) is 5.76 Å². The Hall–Kier alpha value is -3.98. The first-order chi connectivity index (χ1) is 17.5. The summed E-state index contributed by atoms with van der Waals surface area (Å²) in [6, 6.07) is 17.1. The Morgan fingerprint density at radius 3 is 2.44 bits per heavy atom. The molecule has 1 aromatic heterocycles. The maximum atomic E-state index is 13.7. The highest BCUT2D eigenvalue weighted by Gasteiger charge is 2.54. The highest BCUT2D eigenvalue weighted by molar-refractivity contribution is 5.98. The third kappa shape index (κ3) is 4.61. The van der Waals surface area contributed by atoms with Gasteiger partial charge in [-0.2, -0.15) is 0 Å². The van der Waals surface area contributed by atoms with E-state index in [1.165, 1.54) is 23.3 Å². The molecule has 36 heavy (non-hydrogen) atoms. The van der Waals surface area contributed by atoms with Crippen molar-refractivity contribution in [3.63, 3.8) is 0 Å². The lowest BCUT2D eigenvalue weighted by Gasteiger charge is -2.44. The molecular formula is C27H26FN3O5. The predicted octanol–water partition coefficient (Wildman–Crippen LogP) is 3.21. The summed E-state index contributed by atoms with van der Waals surface area (Å²) in [6.07, 6.45) is 2.16. The molecule has 1 unspecified atom stereocenters. The molecule has 9 heteroatoms.